The van der Waals surface area contributed by atoms with E-state index >= 15 is 0 Å². The summed E-state index contributed by atoms with van der Waals surface area (Å²) in [6.45, 7) is -0.607. The fraction of sp³-hybridized carbons (Fsp3) is 0.500. The maximum absolute atomic E-state index is 11.0. The molecular weight excluding hydrogens is 480 g/mol. The number of fused-ring (bicyclic) bond motifs is 1. The third-order valence-corrected chi connectivity index (χ3v) is 6.32. The van der Waals surface area contributed by atoms with Crippen LogP contribution in [0.4, 0.5) is 0 Å². The van der Waals surface area contributed by atoms with Gasteiger partial charge in [-0.2, -0.15) is 0 Å². The summed E-state index contributed by atoms with van der Waals surface area (Å²) in [5.41, 5.74) is 0.924. The molecule has 0 aliphatic carbocycles. The molecule has 7 atom stereocenters. The highest BCUT2D eigenvalue weighted by Gasteiger charge is 2.45. The molecule has 0 radical (unpaired) electrons. The molecule has 1 saturated heterocycles. The van der Waals surface area contributed by atoms with Gasteiger partial charge in [-0.15, -0.1) is 0 Å². The van der Waals surface area contributed by atoms with E-state index in [4.69, 9.17) is 28.4 Å². The van der Waals surface area contributed by atoms with Crippen molar-refractivity contribution in [3.8, 4) is 34.5 Å². The van der Waals surface area contributed by atoms with E-state index in [1.54, 1.807) is 6.07 Å². The monoisotopic (exact) mass is 510 g/mol. The van der Waals surface area contributed by atoms with Crippen LogP contribution in [0.3, 0.4) is 0 Å². The molecule has 0 spiro atoms. The van der Waals surface area contributed by atoms with E-state index in [1.807, 2.05) is 0 Å². The second kappa shape index (κ2) is 10.5. The van der Waals surface area contributed by atoms with Gasteiger partial charge >= 0.3 is 0 Å². The minimum absolute atomic E-state index is 0.0578. The van der Waals surface area contributed by atoms with E-state index in [0.717, 1.165) is 0 Å². The third kappa shape index (κ3) is 4.71. The Morgan fingerprint density at radius 3 is 2.11 bits per heavy atom. The van der Waals surface area contributed by atoms with Crippen molar-refractivity contribution in [2.75, 3.05) is 27.9 Å². The molecule has 198 valence electrons. The first-order valence-electron chi connectivity index (χ1n) is 11.2. The number of phenolic OH excluding ortho intramolecular Hbond substituents is 1. The number of ether oxygens (including phenoxy) is 6. The van der Waals surface area contributed by atoms with Crippen LogP contribution in [0.25, 0.3) is 0 Å². The lowest BCUT2D eigenvalue weighted by molar-refractivity contribution is -0.277. The van der Waals surface area contributed by atoms with E-state index in [1.165, 1.54) is 39.5 Å². The summed E-state index contributed by atoms with van der Waals surface area (Å²) in [5.74, 6) is 0.893. The zero-order chi connectivity index (χ0) is 26.1. The molecule has 7 unspecified atom stereocenters. The molecule has 4 rings (SSSR count). The Kier molecular flexibility index (Phi) is 7.64. The van der Waals surface area contributed by atoms with Gasteiger partial charge in [-0.1, -0.05) is 0 Å². The summed E-state index contributed by atoms with van der Waals surface area (Å²) in [4.78, 5) is 0. The minimum atomic E-state index is -1.62. The first-order chi connectivity index (χ1) is 17.2. The lowest BCUT2D eigenvalue weighted by atomic mass is 9.93. The Balaban J connectivity index is 1.67. The van der Waals surface area contributed by atoms with Crippen LogP contribution in [0.5, 0.6) is 34.5 Å². The van der Waals surface area contributed by atoms with Gasteiger partial charge in [0, 0.05) is 29.7 Å². The van der Waals surface area contributed by atoms with Crippen molar-refractivity contribution in [2.45, 2.75) is 49.3 Å². The summed E-state index contributed by atoms with van der Waals surface area (Å²) < 4.78 is 33.2. The number of hydrogen-bond acceptors (Lipinski definition) is 12. The Labute approximate surface area is 206 Å². The predicted octanol–water partition coefficient (Wildman–Crippen LogP) is -0.366. The van der Waals surface area contributed by atoms with Crippen molar-refractivity contribution < 1.29 is 59.1 Å². The number of hydrogen-bond donors (Lipinski definition) is 6. The van der Waals surface area contributed by atoms with Crippen LogP contribution in [-0.4, -0.2) is 95.4 Å². The van der Waals surface area contributed by atoms with Crippen molar-refractivity contribution >= 4 is 0 Å². The number of aromatic hydroxyl groups is 1. The largest absolute Gasteiger partial charge is 0.502 e. The van der Waals surface area contributed by atoms with Crippen LogP contribution in [0, 0.1) is 0 Å². The second-order valence-electron chi connectivity index (χ2n) is 8.50. The molecule has 2 aromatic rings. The Hall–Kier alpha value is -3.00. The highest BCUT2D eigenvalue weighted by Crippen LogP contribution is 2.46. The SMILES string of the molecule is COc1cc(OC2OC(CO)C(O)C(O)C2O)c2c(c1)OC(c1cc(OC)c(O)c(OC)c1)C(O)C2. The molecule has 12 nitrogen and oxygen atoms in total. The van der Waals surface area contributed by atoms with Crippen molar-refractivity contribution in [3.63, 3.8) is 0 Å². The molecule has 2 aliphatic rings. The van der Waals surface area contributed by atoms with E-state index in [-0.39, 0.29) is 29.4 Å². The summed E-state index contributed by atoms with van der Waals surface area (Å²) in [6, 6.07) is 6.16. The van der Waals surface area contributed by atoms with E-state index in [0.29, 0.717) is 22.6 Å². The number of aliphatic hydroxyl groups is 5. The quantitative estimate of drug-likeness (QED) is 0.285. The van der Waals surface area contributed by atoms with Gasteiger partial charge in [-0.25, -0.2) is 0 Å². The number of benzene rings is 2. The normalized spacial score (nSPS) is 29.6. The molecule has 12 heteroatoms. The second-order valence-corrected chi connectivity index (χ2v) is 8.50. The lowest BCUT2D eigenvalue weighted by Crippen LogP contribution is -2.60. The van der Waals surface area contributed by atoms with Crippen LogP contribution in [0.15, 0.2) is 24.3 Å². The van der Waals surface area contributed by atoms with Gasteiger partial charge in [-0.3, -0.25) is 0 Å². The summed E-state index contributed by atoms with van der Waals surface area (Å²) in [7, 11) is 4.21. The summed E-state index contributed by atoms with van der Waals surface area (Å²) in [6.07, 6.45) is -9.23. The van der Waals surface area contributed by atoms with Crippen LogP contribution in [0.1, 0.15) is 17.2 Å². The molecule has 0 saturated carbocycles. The third-order valence-electron chi connectivity index (χ3n) is 6.32. The smallest absolute Gasteiger partial charge is 0.229 e. The fourth-order valence-corrected chi connectivity index (χ4v) is 4.31. The van der Waals surface area contributed by atoms with Crippen molar-refractivity contribution in [2.24, 2.45) is 0 Å². The molecule has 1 fully saturated rings. The van der Waals surface area contributed by atoms with Gasteiger partial charge < -0.3 is 59.1 Å². The zero-order valence-corrected chi connectivity index (χ0v) is 19.9. The molecule has 2 aromatic carbocycles. The van der Waals surface area contributed by atoms with Crippen molar-refractivity contribution in [3.05, 3.63) is 35.4 Å². The fourth-order valence-electron chi connectivity index (χ4n) is 4.31. The average molecular weight is 510 g/mol. The van der Waals surface area contributed by atoms with Crippen molar-refractivity contribution in [1.82, 2.24) is 0 Å². The van der Waals surface area contributed by atoms with E-state index in [2.05, 4.69) is 0 Å². The predicted molar refractivity (Wildman–Crippen MR) is 122 cm³/mol. The number of methoxy groups -OCH3 is 3. The summed E-state index contributed by atoms with van der Waals surface area (Å²) >= 11 is 0. The Morgan fingerprint density at radius 2 is 1.53 bits per heavy atom. The van der Waals surface area contributed by atoms with Crippen molar-refractivity contribution in [1.29, 1.82) is 0 Å². The maximum atomic E-state index is 11.0. The van der Waals surface area contributed by atoms with E-state index in [9.17, 15) is 30.6 Å². The minimum Gasteiger partial charge on any atom is -0.502 e. The number of rotatable bonds is 7. The molecule has 36 heavy (non-hydrogen) atoms. The first-order valence-corrected chi connectivity index (χ1v) is 11.2. The number of aliphatic hydroxyl groups excluding tert-OH is 5. The highest BCUT2D eigenvalue weighted by atomic mass is 16.7. The van der Waals surface area contributed by atoms with Crippen LogP contribution in [0.2, 0.25) is 0 Å². The van der Waals surface area contributed by atoms with Crippen LogP contribution in [-0.2, 0) is 11.2 Å². The van der Waals surface area contributed by atoms with Gasteiger partial charge in [0.05, 0.1) is 34.0 Å². The van der Waals surface area contributed by atoms with Gasteiger partial charge in [0.2, 0.25) is 12.0 Å². The molecule has 0 aromatic heterocycles. The first kappa shape index (κ1) is 26.1. The lowest BCUT2D eigenvalue weighted by Gasteiger charge is -2.40. The van der Waals surface area contributed by atoms with Crippen LogP contribution >= 0.6 is 0 Å². The van der Waals surface area contributed by atoms with Gasteiger partial charge in [0.25, 0.3) is 0 Å². The average Bonchev–Trinajstić information content (AvgIpc) is 2.88. The summed E-state index contributed by atoms with van der Waals surface area (Å²) in [5, 5.41) is 61.2. The Morgan fingerprint density at radius 1 is 0.861 bits per heavy atom. The molecule has 0 bridgehead atoms. The molecule has 6 N–H and O–H groups in total. The molecule has 0 amide bonds. The topological polar surface area (TPSA) is 177 Å². The van der Waals surface area contributed by atoms with Crippen LogP contribution < -0.4 is 23.7 Å². The maximum Gasteiger partial charge on any atom is 0.229 e. The van der Waals surface area contributed by atoms with Gasteiger partial charge in [0.15, 0.2) is 17.6 Å². The standard InChI is InChI=1S/C24H30O12/c1-31-11-6-14-12(15(7-11)35-24-22(30)21(29)20(28)18(9-25)36-24)8-13(26)23(34-14)10-4-16(32-2)19(27)17(5-10)33-3/h4-7,13,18,20-30H,8-9H2,1-3H3. The number of phenols is 1. The Bertz CT molecular complexity index is 1050. The van der Waals surface area contributed by atoms with E-state index < -0.39 is 49.5 Å². The van der Waals surface area contributed by atoms with Gasteiger partial charge in [0.1, 0.15) is 41.7 Å². The molecule has 2 heterocycles. The zero-order valence-electron chi connectivity index (χ0n) is 19.9. The van der Waals surface area contributed by atoms with Gasteiger partial charge in [-0.05, 0) is 12.1 Å². The molecule has 2 aliphatic heterocycles. The molecular formula is C24H30O12. The highest BCUT2D eigenvalue weighted by molar-refractivity contribution is 5.56.